The Morgan fingerprint density at radius 2 is 1.90 bits per heavy atom. The SMILES string of the molecule is OC(Cc1ccc(OC(F)(F)F)cc1)c1cc(Br)cs1. The van der Waals surface area contributed by atoms with Crippen molar-refractivity contribution >= 4 is 27.3 Å². The maximum atomic E-state index is 12.0. The van der Waals surface area contributed by atoms with Crippen LogP contribution < -0.4 is 4.74 Å². The van der Waals surface area contributed by atoms with Crippen molar-refractivity contribution in [3.05, 3.63) is 50.6 Å². The molecule has 0 radical (unpaired) electrons. The fraction of sp³-hybridized carbons (Fsp3) is 0.231. The molecule has 0 saturated heterocycles. The van der Waals surface area contributed by atoms with Crippen LogP contribution in [0.3, 0.4) is 0 Å². The second kappa shape index (κ2) is 6.15. The number of rotatable bonds is 4. The molecule has 0 aliphatic rings. The largest absolute Gasteiger partial charge is 0.573 e. The molecular formula is C13H10BrF3O2S. The first-order valence-electron chi connectivity index (χ1n) is 5.60. The van der Waals surface area contributed by atoms with Crippen LogP contribution in [0.1, 0.15) is 16.5 Å². The summed E-state index contributed by atoms with van der Waals surface area (Å²) in [4.78, 5) is 0.799. The lowest BCUT2D eigenvalue weighted by molar-refractivity contribution is -0.274. The Morgan fingerprint density at radius 1 is 1.25 bits per heavy atom. The predicted octanol–water partition coefficient (Wildman–Crippen LogP) is 4.69. The Hall–Kier alpha value is -1.05. The van der Waals surface area contributed by atoms with Gasteiger partial charge in [-0.25, -0.2) is 0 Å². The van der Waals surface area contributed by atoms with E-state index in [0.717, 1.165) is 14.9 Å². The van der Waals surface area contributed by atoms with Crippen molar-refractivity contribution in [1.29, 1.82) is 0 Å². The average Bonchev–Trinajstić information content (AvgIpc) is 2.77. The van der Waals surface area contributed by atoms with Crippen LogP contribution in [0.25, 0.3) is 0 Å². The molecule has 0 amide bonds. The van der Waals surface area contributed by atoms with Crippen molar-refractivity contribution in [2.24, 2.45) is 0 Å². The minimum atomic E-state index is -4.69. The van der Waals surface area contributed by atoms with Gasteiger partial charge < -0.3 is 9.84 Å². The zero-order valence-corrected chi connectivity index (χ0v) is 12.4. The molecule has 2 aromatic rings. The van der Waals surface area contributed by atoms with E-state index in [1.54, 1.807) is 0 Å². The highest BCUT2D eigenvalue weighted by molar-refractivity contribution is 9.10. The zero-order chi connectivity index (χ0) is 14.8. The first kappa shape index (κ1) is 15.3. The van der Waals surface area contributed by atoms with E-state index >= 15 is 0 Å². The van der Waals surface area contributed by atoms with Gasteiger partial charge in [0, 0.05) is 21.2 Å². The molecule has 0 spiro atoms. The number of halogens is 4. The molecule has 0 aliphatic heterocycles. The summed E-state index contributed by atoms with van der Waals surface area (Å²) in [5, 5.41) is 11.9. The van der Waals surface area contributed by atoms with E-state index in [-0.39, 0.29) is 5.75 Å². The molecule has 0 fully saturated rings. The molecule has 2 rings (SSSR count). The van der Waals surface area contributed by atoms with Crippen molar-refractivity contribution in [2.45, 2.75) is 18.9 Å². The van der Waals surface area contributed by atoms with E-state index in [2.05, 4.69) is 20.7 Å². The van der Waals surface area contributed by atoms with Crippen LogP contribution in [0, 0.1) is 0 Å². The van der Waals surface area contributed by atoms with Crippen LogP contribution in [-0.4, -0.2) is 11.5 Å². The normalized spacial score (nSPS) is 13.2. The van der Waals surface area contributed by atoms with Crippen molar-refractivity contribution in [2.75, 3.05) is 0 Å². The number of hydrogen-bond acceptors (Lipinski definition) is 3. The summed E-state index contributed by atoms with van der Waals surface area (Å²) in [6.45, 7) is 0. The van der Waals surface area contributed by atoms with E-state index in [9.17, 15) is 18.3 Å². The number of hydrogen-bond donors (Lipinski definition) is 1. The van der Waals surface area contributed by atoms with Gasteiger partial charge in [-0.05, 0) is 39.7 Å². The molecule has 1 aromatic carbocycles. The van der Waals surface area contributed by atoms with Crippen LogP contribution >= 0.6 is 27.3 Å². The lowest BCUT2D eigenvalue weighted by Crippen LogP contribution is -2.17. The van der Waals surface area contributed by atoms with Gasteiger partial charge in [0.05, 0.1) is 6.10 Å². The molecule has 2 nitrogen and oxygen atoms in total. The fourth-order valence-electron chi connectivity index (χ4n) is 1.65. The molecule has 1 heterocycles. The van der Waals surface area contributed by atoms with Gasteiger partial charge in [-0.15, -0.1) is 24.5 Å². The topological polar surface area (TPSA) is 29.5 Å². The van der Waals surface area contributed by atoms with Gasteiger partial charge in [-0.1, -0.05) is 12.1 Å². The van der Waals surface area contributed by atoms with Gasteiger partial charge in [0.2, 0.25) is 0 Å². The summed E-state index contributed by atoms with van der Waals surface area (Å²) >= 11 is 4.72. The molecule has 20 heavy (non-hydrogen) atoms. The van der Waals surface area contributed by atoms with Crippen molar-refractivity contribution in [3.63, 3.8) is 0 Å². The van der Waals surface area contributed by atoms with Crippen LogP contribution in [0.5, 0.6) is 5.75 Å². The highest BCUT2D eigenvalue weighted by atomic mass is 79.9. The molecule has 0 bridgehead atoms. The number of alkyl halides is 3. The quantitative estimate of drug-likeness (QED) is 0.850. The summed E-state index contributed by atoms with van der Waals surface area (Å²) in [5.74, 6) is -0.269. The summed E-state index contributed by atoms with van der Waals surface area (Å²) in [7, 11) is 0. The minimum Gasteiger partial charge on any atom is -0.406 e. The first-order chi connectivity index (χ1) is 9.33. The van der Waals surface area contributed by atoms with Gasteiger partial charge in [-0.2, -0.15) is 0 Å². The Balaban J connectivity index is 2.00. The number of ether oxygens (including phenoxy) is 1. The number of aliphatic hydroxyl groups is 1. The monoisotopic (exact) mass is 366 g/mol. The molecule has 0 aliphatic carbocycles. The van der Waals surface area contributed by atoms with E-state index in [1.807, 2.05) is 11.4 Å². The summed E-state index contributed by atoms with van der Waals surface area (Å²) in [6, 6.07) is 7.30. The third-order valence-electron chi connectivity index (χ3n) is 2.50. The first-order valence-corrected chi connectivity index (χ1v) is 7.27. The predicted molar refractivity (Wildman–Crippen MR) is 73.8 cm³/mol. The van der Waals surface area contributed by atoms with Gasteiger partial charge in [0.25, 0.3) is 0 Å². The second-order valence-electron chi connectivity index (χ2n) is 4.08. The molecule has 108 valence electrons. The number of aliphatic hydroxyl groups excluding tert-OH is 1. The van der Waals surface area contributed by atoms with Crippen LogP contribution in [0.4, 0.5) is 13.2 Å². The third kappa shape index (κ3) is 4.50. The standard InChI is InChI=1S/C13H10BrF3O2S/c14-9-6-12(20-7-9)11(18)5-8-1-3-10(4-2-8)19-13(15,16)17/h1-4,6-7,11,18H,5H2. The summed E-state index contributed by atoms with van der Waals surface area (Å²) in [5.41, 5.74) is 0.733. The number of benzene rings is 1. The van der Waals surface area contributed by atoms with E-state index < -0.39 is 12.5 Å². The van der Waals surface area contributed by atoms with Gasteiger partial charge >= 0.3 is 6.36 Å². The van der Waals surface area contributed by atoms with Crippen molar-refractivity contribution < 1.29 is 23.0 Å². The van der Waals surface area contributed by atoms with E-state index in [4.69, 9.17) is 0 Å². The lowest BCUT2D eigenvalue weighted by atomic mass is 10.1. The zero-order valence-electron chi connectivity index (χ0n) is 10.0. The smallest absolute Gasteiger partial charge is 0.406 e. The van der Waals surface area contributed by atoms with Crippen molar-refractivity contribution in [1.82, 2.24) is 0 Å². The third-order valence-corrected chi connectivity index (χ3v) is 4.30. The molecule has 1 aromatic heterocycles. The Labute approximate surface area is 125 Å². The Kier molecular flexibility index (Phi) is 4.72. The summed E-state index contributed by atoms with van der Waals surface area (Å²) < 4.78 is 40.7. The fourth-order valence-corrected chi connectivity index (χ4v) is 3.08. The maximum absolute atomic E-state index is 12.0. The van der Waals surface area contributed by atoms with Gasteiger partial charge in [0.15, 0.2) is 0 Å². The Bertz CT molecular complexity index is 566. The molecule has 0 saturated carbocycles. The molecule has 7 heteroatoms. The van der Waals surface area contributed by atoms with E-state index in [0.29, 0.717) is 6.42 Å². The van der Waals surface area contributed by atoms with Gasteiger partial charge in [0.1, 0.15) is 5.75 Å². The summed E-state index contributed by atoms with van der Waals surface area (Å²) in [6.07, 6.45) is -5.04. The van der Waals surface area contributed by atoms with Gasteiger partial charge in [-0.3, -0.25) is 0 Å². The van der Waals surface area contributed by atoms with Crippen LogP contribution in [0.15, 0.2) is 40.2 Å². The average molecular weight is 367 g/mol. The minimum absolute atomic E-state index is 0.269. The molecule has 1 unspecified atom stereocenters. The van der Waals surface area contributed by atoms with Crippen LogP contribution in [-0.2, 0) is 6.42 Å². The Morgan fingerprint density at radius 3 is 2.40 bits per heavy atom. The van der Waals surface area contributed by atoms with E-state index in [1.165, 1.54) is 35.6 Å². The molecule has 1 N–H and O–H groups in total. The molecule has 1 atom stereocenters. The maximum Gasteiger partial charge on any atom is 0.573 e. The highest BCUT2D eigenvalue weighted by Crippen LogP contribution is 2.29. The second-order valence-corrected chi connectivity index (χ2v) is 5.94. The van der Waals surface area contributed by atoms with Crippen LogP contribution in [0.2, 0.25) is 0 Å². The highest BCUT2D eigenvalue weighted by Gasteiger charge is 2.30. The number of thiophene rings is 1. The lowest BCUT2D eigenvalue weighted by Gasteiger charge is -2.11. The van der Waals surface area contributed by atoms with Crippen molar-refractivity contribution in [3.8, 4) is 5.75 Å². The molecular weight excluding hydrogens is 357 g/mol.